The van der Waals surface area contributed by atoms with Crippen molar-refractivity contribution in [2.24, 2.45) is 21.7 Å². The number of rotatable bonds is 4. The topological polar surface area (TPSA) is 36.4 Å². The van der Waals surface area contributed by atoms with Gasteiger partial charge in [0.1, 0.15) is 5.41 Å². The molecule has 0 heterocycles. The third-order valence-electron chi connectivity index (χ3n) is 5.31. The average molecular weight is 347 g/mol. The van der Waals surface area contributed by atoms with Gasteiger partial charge in [-0.1, -0.05) is 81.5 Å². The summed E-state index contributed by atoms with van der Waals surface area (Å²) in [4.78, 5) is 4.00. The van der Waals surface area contributed by atoms with E-state index in [0.29, 0.717) is 0 Å². The first-order chi connectivity index (χ1) is 10.5. The Bertz CT molecular complexity index is 586. The smallest absolute Gasteiger partial charge is 0.251 e. The fraction of sp³-hybridized carbons (Fsp3) is 0.762. The van der Waals surface area contributed by atoms with Crippen molar-refractivity contribution in [3.8, 4) is 0 Å². The molecule has 0 saturated carbocycles. The molecule has 1 aliphatic rings. The monoisotopic (exact) mass is 346 g/mol. The largest absolute Gasteiger partial charge is 0.362 e. The van der Waals surface area contributed by atoms with Crippen LogP contribution in [0.15, 0.2) is 23.8 Å². The zero-order valence-corrected chi connectivity index (χ0v) is 18.9. The van der Waals surface area contributed by atoms with Gasteiger partial charge in [0.15, 0.2) is 8.07 Å². The van der Waals surface area contributed by atoms with Crippen molar-refractivity contribution < 1.29 is 4.79 Å². The van der Waals surface area contributed by atoms with Crippen molar-refractivity contribution in [1.29, 1.82) is 0 Å². The van der Waals surface area contributed by atoms with Gasteiger partial charge in [0.05, 0.1) is 0 Å². The van der Waals surface area contributed by atoms with Crippen LogP contribution in [0.2, 0.25) is 19.1 Å². The van der Waals surface area contributed by atoms with Gasteiger partial charge in [-0.15, -0.1) is 6.58 Å². The van der Waals surface area contributed by atoms with E-state index in [1.165, 1.54) is 11.1 Å². The summed E-state index contributed by atoms with van der Waals surface area (Å²) in [6.07, 6.45) is 1.99. The zero-order chi connectivity index (χ0) is 19.4. The van der Waals surface area contributed by atoms with E-state index in [2.05, 4.69) is 86.8 Å². The Kier molecular flexibility index (Phi) is 5.11. The maximum absolute atomic E-state index is 10.2. The van der Waals surface area contributed by atoms with Gasteiger partial charge in [0, 0.05) is 0 Å². The normalized spacial score (nSPS) is 18.3. The molecule has 0 aromatic carbocycles. The van der Waals surface area contributed by atoms with Gasteiger partial charge in [0.2, 0.25) is 0 Å². The molecule has 0 saturated heterocycles. The molecule has 0 radical (unpaired) electrons. The lowest BCUT2D eigenvalue weighted by atomic mass is 9.67. The van der Waals surface area contributed by atoms with Gasteiger partial charge in [-0.3, -0.25) is 0 Å². The molecule has 136 valence electrons. The Morgan fingerprint density at radius 1 is 1.00 bits per heavy atom. The molecule has 0 aliphatic heterocycles. The van der Waals surface area contributed by atoms with Crippen LogP contribution in [-0.2, 0) is 0 Å². The summed E-state index contributed by atoms with van der Waals surface area (Å²) in [7, 11) is -1.92. The highest BCUT2D eigenvalue weighted by atomic mass is 28.3. The van der Waals surface area contributed by atoms with Gasteiger partial charge in [-0.05, 0) is 33.4 Å². The SMILES string of the molecule is C=CC[Si](C)(C)C(=[N+]=[N-])C1(C(C)(C)C)C(C(C)(C)C)=C1C(C)(C)C. The van der Waals surface area contributed by atoms with Gasteiger partial charge >= 0.3 is 0 Å². The third-order valence-corrected chi connectivity index (χ3v) is 8.38. The molecule has 0 N–H and O–H groups in total. The van der Waals surface area contributed by atoms with E-state index < -0.39 is 8.07 Å². The predicted octanol–water partition coefficient (Wildman–Crippen LogP) is 6.53. The van der Waals surface area contributed by atoms with Crippen molar-refractivity contribution in [3.05, 3.63) is 29.3 Å². The fourth-order valence-electron chi connectivity index (χ4n) is 4.67. The molecule has 0 amide bonds. The van der Waals surface area contributed by atoms with E-state index in [4.69, 9.17) is 0 Å². The van der Waals surface area contributed by atoms with Gasteiger partial charge in [-0.25, -0.2) is 0 Å². The van der Waals surface area contributed by atoms with Gasteiger partial charge in [-0.2, -0.15) is 4.79 Å². The molecule has 0 fully saturated rings. The lowest BCUT2D eigenvalue weighted by Gasteiger charge is -2.39. The molecule has 3 heteroatoms. The molecular formula is C21H38N2Si. The summed E-state index contributed by atoms with van der Waals surface area (Å²) >= 11 is 0. The van der Waals surface area contributed by atoms with Crippen LogP contribution in [-0.4, -0.2) is 18.2 Å². The predicted molar refractivity (Wildman–Crippen MR) is 109 cm³/mol. The summed E-state index contributed by atoms with van der Waals surface area (Å²) in [6, 6.07) is 0.930. The summed E-state index contributed by atoms with van der Waals surface area (Å²) in [5.74, 6) is 0. The van der Waals surface area contributed by atoms with Crippen LogP contribution in [0.3, 0.4) is 0 Å². The van der Waals surface area contributed by atoms with E-state index in [0.717, 1.165) is 11.4 Å². The second kappa shape index (κ2) is 5.81. The van der Waals surface area contributed by atoms with Crippen LogP contribution < -0.4 is 0 Å². The van der Waals surface area contributed by atoms with Crippen LogP contribution >= 0.6 is 0 Å². The first-order valence-electron chi connectivity index (χ1n) is 9.09. The standard InChI is InChI=1S/C21H38N2Si/c1-13-14-24(11,12)17(23-22)21(20(8,9)10)15(18(2,3)4)16(21)19(5,6)7/h13H,1,14H2,2-12H3. The Labute approximate surface area is 151 Å². The maximum Gasteiger partial charge on any atom is 0.251 e. The molecule has 0 aromatic heterocycles. The van der Waals surface area contributed by atoms with Crippen LogP contribution in [0.25, 0.3) is 5.53 Å². The molecule has 1 aliphatic carbocycles. The van der Waals surface area contributed by atoms with E-state index in [-0.39, 0.29) is 21.7 Å². The van der Waals surface area contributed by atoms with Crippen molar-refractivity contribution in [2.45, 2.75) is 81.5 Å². The fourth-order valence-corrected chi connectivity index (χ4v) is 7.50. The van der Waals surface area contributed by atoms with Gasteiger partial charge < -0.3 is 5.53 Å². The molecule has 2 nitrogen and oxygen atoms in total. The lowest BCUT2D eigenvalue weighted by Crippen LogP contribution is -2.51. The molecule has 0 atom stereocenters. The highest BCUT2D eigenvalue weighted by molar-refractivity contribution is 7.05. The van der Waals surface area contributed by atoms with Crippen LogP contribution in [0.4, 0.5) is 0 Å². The first kappa shape index (κ1) is 21.1. The third kappa shape index (κ3) is 3.13. The van der Waals surface area contributed by atoms with Crippen LogP contribution in [0.5, 0.6) is 0 Å². The first-order valence-corrected chi connectivity index (χ1v) is 12.3. The van der Waals surface area contributed by atoms with E-state index >= 15 is 0 Å². The summed E-state index contributed by atoms with van der Waals surface area (Å²) in [6.45, 7) is 29.2. The minimum Gasteiger partial charge on any atom is -0.362 e. The quantitative estimate of drug-likeness (QED) is 0.182. The zero-order valence-electron chi connectivity index (χ0n) is 17.9. The second-order valence-corrected chi connectivity index (χ2v) is 15.7. The lowest BCUT2D eigenvalue weighted by molar-refractivity contribution is -0.0164. The number of nitrogens with zero attached hydrogens (tertiary/aromatic N) is 2. The van der Waals surface area contributed by atoms with E-state index in [1.54, 1.807) is 0 Å². The molecule has 0 unspecified atom stereocenters. The molecule has 24 heavy (non-hydrogen) atoms. The van der Waals surface area contributed by atoms with E-state index in [9.17, 15) is 5.53 Å². The molecule has 1 rings (SSSR count). The minimum absolute atomic E-state index is 0.0226. The molecule has 0 spiro atoms. The summed E-state index contributed by atoms with van der Waals surface area (Å²) < 4.78 is 0. The van der Waals surface area contributed by atoms with Crippen molar-refractivity contribution >= 4 is 13.4 Å². The molecule has 0 bridgehead atoms. The van der Waals surface area contributed by atoms with Crippen molar-refractivity contribution in [3.63, 3.8) is 0 Å². The Hall–Kier alpha value is -0.923. The number of hydrogen-bond donors (Lipinski definition) is 0. The highest BCUT2D eigenvalue weighted by Gasteiger charge is 2.73. The van der Waals surface area contributed by atoms with Crippen molar-refractivity contribution in [1.82, 2.24) is 0 Å². The van der Waals surface area contributed by atoms with Crippen molar-refractivity contribution in [2.75, 3.05) is 0 Å². The van der Waals surface area contributed by atoms with Crippen LogP contribution in [0, 0.1) is 21.7 Å². The highest BCUT2D eigenvalue weighted by Crippen LogP contribution is 2.73. The van der Waals surface area contributed by atoms with Gasteiger partial charge in [0.25, 0.3) is 5.33 Å². The molecule has 0 aromatic rings. The summed E-state index contributed by atoms with van der Waals surface area (Å²) in [5, 5.41) is 1.03. The Morgan fingerprint density at radius 3 is 1.58 bits per heavy atom. The summed E-state index contributed by atoms with van der Waals surface area (Å²) in [5.41, 5.74) is 13.0. The minimum atomic E-state index is -1.92. The molecular weight excluding hydrogens is 308 g/mol. The second-order valence-electron chi connectivity index (χ2n) is 11.1. The Balaban J connectivity index is 3.79. The van der Waals surface area contributed by atoms with E-state index in [1.807, 2.05) is 6.08 Å². The number of hydrogen-bond acceptors (Lipinski definition) is 0. The number of allylic oxidation sites excluding steroid dienone is 3. The van der Waals surface area contributed by atoms with Crippen LogP contribution in [0.1, 0.15) is 62.3 Å². The maximum atomic E-state index is 10.2. The Morgan fingerprint density at radius 2 is 1.38 bits per heavy atom. The average Bonchev–Trinajstić information content (AvgIpc) is 2.99.